The van der Waals surface area contributed by atoms with Crippen LogP contribution in [0.1, 0.15) is 19.8 Å². The molecule has 0 aromatic carbocycles. The van der Waals surface area contributed by atoms with E-state index in [9.17, 15) is 18.0 Å². The number of nitrogens with two attached hydrogens (primary N) is 1. The molecule has 0 spiro atoms. The van der Waals surface area contributed by atoms with Gasteiger partial charge < -0.3 is 16.2 Å². The lowest BCUT2D eigenvalue weighted by Crippen LogP contribution is -2.43. The number of rotatable bonds is 7. The summed E-state index contributed by atoms with van der Waals surface area (Å²) in [4.78, 5) is 22.1. The maximum absolute atomic E-state index is 11.3. The van der Waals surface area contributed by atoms with Gasteiger partial charge in [0.05, 0.1) is 5.75 Å². The zero-order valence-corrected chi connectivity index (χ0v) is 10.7. The fourth-order valence-corrected chi connectivity index (χ4v) is 1.80. The van der Waals surface area contributed by atoms with Crippen LogP contribution >= 0.6 is 0 Å². The SMILES string of the molecule is CC(N)CC(=O)NC(CCS(C)(=O)=O)C(=O)O. The molecule has 0 aliphatic carbocycles. The van der Waals surface area contributed by atoms with Crippen molar-refractivity contribution in [1.29, 1.82) is 0 Å². The molecule has 0 fully saturated rings. The number of carbonyl (C=O) groups is 2. The molecule has 0 saturated heterocycles. The average Bonchev–Trinajstić information content (AvgIpc) is 2.08. The number of carboxylic acid groups (broad SMARTS) is 1. The highest BCUT2D eigenvalue weighted by Gasteiger charge is 2.21. The molecule has 0 aromatic heterocycles. The molecule has 0 heterocycles. The van der Waals surface area contributed by atoms with Crippen LogP contribution in [0, 0.1) is 0 Å². The number of nitrogens with one attached hydrogen (secondary N) is 1. The van der Waals surface area contributed by atoms with Gasteiger partial charge in [0, 0.05) is 18.7 Å². The van der Waals surface area contributed by atoms with E-state index in [1.807, 2.05) is 0 Å². The van der Waals surface area contributed by atoms with Crippen molar-refractivity contribution in [2.45, 2.75) is 31.8 Å². The zero-order chi connectivity index (χ0) is 13.6. The third kappa shape index (κ3) is 8.64. The number of carbonyl (C=O) groups excluding carboxylic acids is 1. The van der Waals surface area contributed by atoms with Crippen LogP contribution in [0.3, 0.4) is 0 Å². The Labute approximate surface area is 100 Å². The van der Waals surface area contributed by atoms with E-state index in [1.165, 1.54) is 0 Å². The Hall–Kier alpha value is -1.15. The molecule has 1 amide bonds. The molecule has 0 rings (SSSR count). The standard InChI is InChI=1S/C9H18N2O5S/c1-6(10)5-8(12)11-7(9(13)14)3-4-17(2,15)16/h6-7H,3-5,10H2,1-2H3,(H,11,12)(H,13,14). The summed E-state index contributed by atoms with van der Waals surface area (Å²) < 4.78 is 21.8. The first-order valence-corrected chi connectivity index (χ1v) is 7.13. The monoisotopic (exact) mass is 266 g/mol. The minimum absolute atomic E-state index is 0.00263. The van der Waals surface area contributed by atoms with E-state index in [-0.39, 0.29) is 24.6 Å². The topological polar surface area (TPSA) is 127 Å². The minimum atomic E-state index is -3.25. The average molecular weight is 266 g/mol. The summed E-state index contributed by atoms with van der Waals surface area (Å²) in [7, 11) is -3.25. The molecule has 4 N–H and O–H groups in total. The third-order valence-electron chi connectivity index (χ3n) is 1.92. The van der Waals surface area contributed by atoms with Gasteiger partial charge in [-0.15, -0.1) is 0 Å². The summed E-state index contributed by atoms with van der Waals surface area (Å²) in [5.74, 6) is -2.05. The summed E-state index contributed by atoms with van der Waals surface area (Å²) in [6, 6.07) is -1.57. The second kappa shape index (κ2) is 6.55. The Morgan fingerprint density at radius 2 is 1.94 bits per heavy atom. The fraction of sp³-hybridized carbons (Fsp3) is 0.778. The van der Waals surface area contributed by atoms with Gasteiger partial charge in [-0.25, -0.2) is 13.2 Å². The van der Waals surface area contributed by atoms with Gasteiger partial charge in [-0.2, -0.15) is 0 Å². The maximum Gasteiger partial charge on any atom is 0.326 e. The Kier molecular flexibility index (Phi) is 6.11. The second-order valence-electron chi connectivity index (χ2n) is 4.06. The molecule has 0 aromatic rings. The summed E-state index contributed by atoms with van der Waals surface area (Å²) >= 11 is 0. The molecule has 8 heteroatoms. The second-order valence-corrected chi connectivity index (χ2v) is 6.32. The quantitative estimate of drug-likeness (QED) is 0.527. The van der Waals surface area contributed by atoms with Gasteiger partial charge in [-0.1, -0.05) is 0 Å². The molecule has 100 valence electrons. The minimum Gasteiger partial charge on any atom is -0.480 e. The predicted octanol–water partition coefficient (Wildman–Crippen LogP) is -1.27. The van der Waals surface area contributed by atoms with E-state index < -0.39 is 27.8 Å². The Morgan fingerprint density at radius 3 is 2.29 bits per heavy atom. The van der Waals surface area contributed by atoms with Gasteiger partial charge in [0.2, 0.25) is 5.91 Å². The lowest BCUT2D eigenvalue weighted by atomic mass is 10.2. The number of hydrogen-bond acceptors (Lipinski definition) is 5. The van der Waals surface area contributed by atoms with Crippen molar-refractivity contribution in [3.8, 4) is 0 Å². The molecule has 0 radical (unpaired) electrons. The summed E-state index contributed by atoms with van der Waals surface area (Å²) in [6.07, 6.45) is 0.858. The van der Waals surface area contributed by atoms with Crippen molar-refractivity contribution in [2.24, 2.45) is 5.73 Å². The lowest BCUT2D eigenvalue weighted by molar-refractivity contribution is -0.141. The number of hydrogen-bond donors (Lipinski definition) is 3. The maximum atomic E-state index is 11.3. The molecule has 0 aliphatic rings. The van der Waals surface area contributed by atoms with Gasteiger partial charge in [-0.05, 0) is 13.3 Å². The number of amides is 1. The third-order valence-corrected chi connectivity index (χ3v) is 2.90. The Balaban J connectivity index is 4.35. The first-order chi connectivity index (χ1) is 7.61. The highest BCUT2D eigenvalue weighted by molar-refractivity contribution is 7.90. The van der Waals surface area contributed by atoms with Gasteiger partial charge >= 0.3 is 5.97 Å². The first kappa shape index (κ1) is 15.9. The first-order valence-electron chi connectivity index (χ1n) is 5.07. The van der Waals surface area contributed by atoms with Crippen LogP contribution < -0.4 is 11.1 Å². The van der Waals surface area contributed by atoms with E-state index >= 15 is 0 Å². The molecular weight excluding hydrogens is 248 g/mol. The highest BCUT2D eigenvalue weighted by atomic mass is 32.2. The van der Waals surface area contributed by atoms with Gasteiger partial charge in [0.1, 0.15) is 15.9 Å². The van der Waals surface area contributed by atoms with Crippen molar-refractivity contribution >= 4 is 21.7 Å². The van der Waals surface area contributed by atoms with Crippen molar-refractivity contribution in [3.63, 3.8) is 0 Å². The molecular formula is C9H18N2O5S. The number of aliphatic carboxylic acids is 1. The summed E-state index contributed by atoms with van der Waals surface area (Å²) in [5, 5.41) is 11.0. The van der Waals surface area contributed by atoms with Crippen LogP contribution in [0.15, 0.2) is 0 Å². The molecule has 2 unspecified atom stereocenters. The largest absolute Gasteiger partial charge is 0.480 e. The lowest BCUT2D eigenvalue weighted by Gasteiger charge is -2.14. The fourth-order valence-electron chi connectivity index (χ4n) is 1.13. The predicted molar refractivity (Wildman–Crippen MR) is 62.2 cm³/mol. The van der Waals surface area contributed by atoms with E-state index in [4.69, 9.17) is 10.8 Å². The summed E-state index contributed by atoms with van der Waals surface area (Å²) in [5.41, 5.74) is 5.38. The molecule has 17 heavy (non-hydrogen) atoms. The van der Waals surface area contributed by atoms with Crippen LogP contribution in [-0.4, -0.2) is 49.5 Å². The highest BCUT2D eigenvalue weighted by Crippen LogP contribution is 1.98. The molecule has 0 bridgehead atoms. The summed E-state index contributed by atoms with van der Waals surface area (Å²) in [6.45, 7) is 1.62. The molecule has 0 aliphatic heterocycles. The van der Waals surface area contributed by atoms with E-state index in [2.05, 4.69) is 5.32 Å². The van der Waals surface area contributed by atoms with Crippen LogP contribution in [0.2, 0.25) is 0 Å². The smallest absolute Gasteiger partial charge is 0.326 e. The molecule has 7 nitrogen and oxygen atoms in total. The van der Waals surface area contributed by atoms with Crippen LogP contribution in [-0.2, 0) is 19.4 Å². The molecule has 2 atom stereocenters. The number of sulfone groups is 1. The van der Waals surface area contributed by atoms with E-state index in [1.54, 1.807) is 6.92 Å². The Bertz CT molecular complexity index is 377. The number of carboxylic acids is 1. The van der Waals surface area contributed by atoms with Crippen LogP contribution in [0.4, 0.5) is 0 Å². The zero-order valence-electron chi connectivity index (χ0n) is 9.84. The van der Waals surface area contributed by atoms with Crippen molar-refractivity contribution in [3.05, 3.63) is 0 Å². The van der Waals surface area contributed by atoms with Gasteiger partial charge in [-0.3, -0.25) is 4.79 Å². The normalized spacial score (nSPS) is 15.0. The van der Waals surface area contributed by atoms with Crippen molar-refractivity contribution in [2.75, 3.05) is 12.0 Å². The van der Waals surface area contributed by atoms with Crippen molar-refractivity contribution < 1.29 is 23.1 Å². The molecule has 0 saturated carbocycles. The van der Waals surface area contributed by atoms with E-state index in [0.29, 0.717) is 0 Å². The Morgan fingerprint density at radius 1 is 1.41 bits per heavy atom. The van der Waals surface area contributed by atoms with E-state index in [0.717, 1.165) is 6.26 Å². The van der Waals surface area contributed by atoms with Gasteiger partial charge in [0.15, 0.2) is 0 Å². The van der Waals surface area contributed by atoms with Gasteiger partial charge in [0.25, 0.3) is 0 Å². The van der Waals surface area contributed by atoms with Crippen molar-refractivity contribution in [1.82, 2.24) is 5.32 Å². The van der Waals surface area contributed by atoms with Crippen LogP contribution in [0.25, 0.3) is 0 Å². The van der Waals surface area contributed by atoms with Crippen LogP contribution in [0.5, 0.6) is 0 Å².